The second kappa shape index (κ2) is 13.7. The first-order valence-electron chi connectivity index (χ1n) is 18.2. The summed E-state index contributed by atoms with van der Waals surface area (Å²) in [6.45, 7) is 13.3. The summed E-state index contributed by atoms with van der Waals surface area (Å²) in [6.07, 6.45) is 3.18. The van der Waals surface area contributed by atoms with E-state index in [1.54, 1.807) is 25.7 Å². The van der Waals surface area contributed by atoms with Crippen LogP contribution in [0.4, 0.5) is 9.59 Å². The predicted molar refractivity (Wildman–Crippen MR) is 190 cm³/mol. The summed E-state index contributed by atoms with van der Waals surface area (Å²) in [4.78, 5) is 72.0. The van der Waals surface area contributed by atoms with Crippen molar-refractivity contribution in [3.63, 3.8) is 0 Å². The van der Waals surface area contributed by atoms with Crippen molar-refractivity contribution in [2.24, 2.45) is 11.3 Å². The first-order chi connectivity index (χ1) is 24.3. The lowest BCUT2D eigenvalue weighted by Crippen LogP contribution is -2.60. The lowest BCUT2D eigenvalue weighted by molar-refractivity contribution is -0.143. The van der Waals surface area contributed by atoms with Gasteiger partial charge >= 0.3 is 12.2 Å². The molecule has 1 saturated heterocycles. The first kappa shape index (κ1) is 37.6. The summed E-state index contributed by atoms with van der Waals surface area (Å²) in [5.74, 6) is -2.71. The molecule has 6 rings (SSSR count). The van der Waals surface area contributed by atoms with Crippen molar-refractivity contribution in [3.05, 3.63) is 47.5 Å². The van der Waals surface area contributed by atoms with Crippen LogP contribution in [0.15, 0.2) is 30.9 Å². The Hall–Kier alpha value is -4.14. The van der Waals surface area contributed by atoms with E-state index in [-0.39, 0.29) is 19.4 Å². The average molecular weight is 742 g/mol. The predicted octanol–water partition coefficient (Wildman–Crippen LogP) is 3.42. The van der Waals surface area contributed by atoms with Crippen molar-refractivity contribution >= 4 is 39.9 Å². The number of rotatable bonds is 6. The highest BCUT2D eigenvalue weighted by Crippen LogP contribution is 2.45. The molecule has 2 aliphatic carbocycles. The van der Waals surface area contributed by atoms with Crippen LogP contribution in [-0.2, 0) is 53.4 Å². The van der Waals surface area contributed by atoms with Gasteiger partial charge in [0.1, 0.15) is 29.3 Å². The van der Waals surface area contributed by atoms with Gasteiger partial charge < -0.3 is 25.0 Å². The summed E-state index contributed by atoms with van der Waals surface area (Å²) >= 11 is 0. The molecule has 0 aromatic heterocycles. The van der Waals surface area contributed by atoms with Gasteiger partial charge in [-0.2, -0.15) is 0 Å². The van der Waals surface area contributed by atoms with Gasteiger partial charge in [-0.25, -0.2) is 18.0 Å². The third-order valence-corrected chi connectivity index (χ3v) is 12.7. The van der Waals surface area contributed by atoms with Gasteiger partial charge in [0, 0.05) is 25.4 Å². The molecular weight excluding hydrogens is 691 g/mol. The van der Waals surface area contributed by atoms with Crippen LogP contribution in [0.1, 0.15) is 96.3 Å². The molecule has 0 unspecified atom stereocenters. The minimum Gasteiger partial charge on any atom is -0.444 e. The maximum atomic E-state index is 14.5. The molecule has 5 atom stereocenters. The number of hydrogen-bond acceptors (Lipinski definition) is 9. The Morgan fingerprint density at radius 1 is 1.08 bits per heavy atom. The number of sulfonamides is 1. The highest BCUT2D eigenvalue weighted by atomic mass is 32.2. The van der Waals surface area contributed by atoms with E-state index in [2.05, 4.69) is 28.0 Å². The van der Waals surface area contributed by atoms with Crippen LogP contribution in [0.5, 0.6) is 0 Å². The van der Waals surface area contributed by atoms with Crippen LogP contribution in [0.3, 0.4) is 0 Å². The van der Waals surface area contributed by atoms with E-state index in [4.69, 9.17) is 9.47 Å². The third kappa shape index (κ3) is 7.79. The van der Waals surface area contributed by atoms with E-state index in [1.807, 2.05) is 26.0 Å². The molecule has 1 aromatic rings. The fourth-order valence-corrected chi connectivity index (χ4v) is 8.96. The molecule has 3 aliphatic heterocycles. The summed E-state index contributed by atoms with van der Waals surface area (Å²) < 4.78 is 39.3. The fourth-order valence-electron chi connectivity index (χ4n) is 7.60. The van der Waals surface area contributed by atoms with Crippen molar-refractivity contribution in [1.82, 2.24) is 25.2 Å². The molecule has 15 heteroatoms. The summed E-state index contributed by atoms with van der Waals surface area (Å²) in [5, 5.41) is 4.85. The molecule has 0 spiro atoms. The van der Waals surface area contributed by atoms with Crippen LogP contribution in [-0.4, -0.2) is 89.2 Å². The number of aryl methyl sites for hydroxylation is 1. The molecule has 3 fully saturated rings. The summed E-state index contributed by atoms with van der Waals surface area (Å²) in [5.41, 5.74) is 0.00938. The zero-order valence-corrected chi connectivity index (χ0v) is 31.5. The molecule has 14 nitrogen and oxygen atoms in total. The van der Waals surface area contributed by atoms with E-state index in [0.29, 0.717) is 32.4 Å². The molecular formula is C37H51N5O9S. The molecule has 284 valence electrons. The van der Waals surface area contributed by atoms with Crippen molar-refractivity contribution < 1.29 is 41.9 Å². The van der Waals surface area contributed by atoms with Crippen molar-refractivity contribution in [1.29, 1.82) is 0 Å². The van der Waals surface area contributed by atoms with Gasteiger partial charge in [-0.1, -0.05) is 45.0 Å². The van der Waals surface area contributed by atoms with Crippen molar-refractivity contribution in [3.8, 4) is 0 Å². The van der Waals surface area contributed by atoms with Gasteiger partial charge in [-0.05, 0) is 80.9 Å². The van der Waals surface area contributed by atoms with Crippen LogP contribution >= 0.6 is 0 Å². The minimum absolute atomic E-state index is 0.0828. The van der Waals surface area contributed by atoms with E-state index >= 15 is 0 Å². The Morgan fingerprint density at radius 2 is 1.79 bits per heavy atom. The Bertz CT molecular complexity index is 1770. The number of nitrogens with zero attached hydrogens (tertiary/aromatic N) is 2. The molecule has 1 aromatic carbocycles. The molecule has 3 N–H and O–H groups in total. The number of benzene rings is 1. The van der Waals surface area contributed by atoms with E-state index in [1.165, 1.54) is 11.0 Å². The minimum atomic E-state index is -3.91. The summed E-state index contributed by atoms with van der Waals surface area (Å²) in [7, 11) is -3.91. The number of ether oxygens (including phenoxy) is 2. The lowest BCUT2D eigenvalue weighted by Gasteiger charge is -2.36. The zero-order valence-electron chi connectivity index (χ0n) is 30.7. The van der Waals surface area contributed by atoms with Gasteiger partial charge in [0.05, 0.1) is 11.8 Å². The highest BCUT2D eigenvalue weighted by Gasteiger charge is 2.62. The number of hydrogen-bond donors (Lipinski definition) is 3. The largest absolute Gasteiger partial charge is 0.444 e. The van der Waals surface area contributed by atoms with Crippen LogP contribution in [0.2, 0.25) is 0 Å². The fraction of sp³-hybridized carbons (Fsp3) is 0.649. The quantitative estimate of drug-likeness (QED) is 0.369. The lowest BCUT2D eigenvalue weighted by atomic mass is 9.85. The number of alkyl carbamates (subject to hydrolysis) is 1. The molecule has 2 saturated carbocycles. The van der Waals surface area contributed by atoms with Crippen LogP contribution in [0, 0.1) is 11.3 Å². The highest BCUT2D eigenvalue weighted by molar-refractivity contribution is 7.91. The SMILES string of the molecule is C=C[C@@H]1C[C@]1(NC(=O)[C@@H]1C[C@@H]2CN1C(=O)[C@H](C(C)(C)C)NC(=O)OC(C)(C)CCCCc1cccc3c1CN(C3)C(=O)O2)C(=O)NS(=O)(=O)C1CC1. The maximum Gasteiger partial charge on any atom is 0.410 e. The van der Waals surface area contributed by atoms with Gasteiger partial charge in [0.15, 0.2) is 0 Å². The Morgan fingerprint density at radius 3 is 2.44 bits per heavy atom. The van der Waals surface area contributed by atoms with Crippen LogP contribution < -0.4 is 15.4 Å². The zero-order chi connectivity index (χ0) is 37.8. The summed E-state index contributed by atoms with van der Waals surface area (Å²) in [6, 6.07) is 3.68. The smallest absolute Gasteiger partial charge is 0.410 e. The first-order valence-corrected chi connectivity index (χ1v) is 19.7. The number of amides is 5. The standard InChI is InChI=1S/C37H51N5O9S/c1-7-24-18-37(24,32(45)40-52(48,49)26-14-15-26)39-30(43)28-17-25-20-42(28)31(44)29(35(2,3)4)38-33(46)51-36(5,6)16-9-8-11-22-12-10-13-23-19-41(21-27(22)23)34(47)50-25/h7,10,12-13,24-26,28-29H,1,8-9,11,14-21H2,2-6H3,(H,38,46)(H,39,43)(H,40,45)/t24-,25-,28+,29-,37-/m1/s1. The van der Waals surface area contributed by atoms with E-state index < -0.39 is 85.8 Å². The maximum absolute atomic E-state index is 14.5. The van der Waals surface area contributed by atoms with Gasteiger partial charge in [0.25, 0.3) is 5.91 Å². The number of carbonyl (C=O) groups is 5. The Labute approximate surface area is 305 Å². The monoisotopic (exact) mass is 741 g/mol. The normalized spacial score (nSPS) is 29.4. The second-order valence-corrected chi connectivity index (χ2v) is 18.6. The molecule has 52 heavy (non-hydrogen) atoms. The molecule has 4 bridgehead atoms. The number of fused-ring (bicyclic) bond motifs is 3. The van der Waals surface area contributed by atoms with E-state index in [0.717, 1.165) is 36.0 Å². The van der Waals surface area contributed by atoms with Crippen molar-refractivity contribution in [2.75, 3.05) is 6.54 Å². The Kier molecular flexibility index (Phi) is 9.90. The van der Waals surface area contributed by atoms with E-state index in [9.17, 15) is 32.4 Å². The van der Waals surface area contributed by atoms with Gasteiger partial charge in [0.2, 0.25) is 21.8 Å². The topological polar surface area (TPSA) is 181 Å². The second-order valence-electron chi connectivity index (χ2n) is 16.6. The van der Waals surface area contributed by atoms with Gasteiger partial charge in [-0.3, -0.25) is 24.0 Å². The molecule has 3 heterocycles. The molecule has 5 aliphatic rings. The van der Waals surface area contributed by atoms with Crippen molar-refractivity contribution in [2.45, 2.75) is 134 Å². The molecule has 5 amide bonds. The third-order valence-electron chi connectivity index (χ3n) is 10.9. The average Bonchev–Trinajstić information content (AvgIpc) is 3.94. The number of carbonyl (C=O) groups excluding carboxylic acids is 5. The molecule has 0 radical (unpaired) electrons. The van der Waals surface area contributed by atoms with Gasteiger partial charge in [-0.15, -0.1) is 6.58 Å². The van der Waals surface area contributed by atoms with Crippen LogP contribution in [0.25, 0.3) is 0 Å². The number of nitrogens with one attached hydrogen (secondary N) is 3. The Balaban J connectivity index is 1.29. The number of cyclic esters (lactones) is 1.